The molecule has 0 unspecified atom stereocenters. The Kier molecular flexibility index (Phi) is 20.6. The first-order chi connectivity index (χ1) is 36.9. The highest BCUT2D eigenvalue weighted by Crippen LogP contribution is 2.26. The molecule has 7 amide bonds. The molecule has 18 heteroatoms. The predicted octanol–water partition coefficient (Wildman–Crippen LogP) is 3.08. The van der Waals surface area contributed by atoms with E-state index in [0.717, 1.165) is 32.8 Å². The largest absolute Gasteiger partial charge is 0.354 e. The fourth-order valence-corrected chi connectivity index (χ4v) is 9.95. The van der Waals surface area contributed by atoms with Gasteiger partial charge in [-0.05, 0) is 111 Å². The van der Waals surface area contributed by atoms with Gasteiger partial charge in [-0.15, -0.1) is 0 Å². The van der Waals surface area contributed by atoms with Crippen LogP contribution < -0.4 is 43.8 Å². The van der Waals surface area contributed by atoms with Crippen LogP contribution >= 0.6 is 0 Å². The van der Waals surface area contributed by atoms with E-state index in [1.807, 2.05) is 104 Å². The van der Waals surface area contributed by atoms with E-state index in [1.54, 1.807) is 18.2 Å². The normalized spacial score (nSPS) is 17.0. The van der Waals surface area contributed by atoms with E-state index in [-0.39, 0.29) is 44.0 Å². The third-order valence-electron chi connectivity index (χ3n) is 14.1. The molecule has 18 nitrogen and oxygen atoms in total. The molecule has 0 saturated carbocycles. The van der Waals surface area contributed by atoms with Gasteiger partial charge in [-0.25, -0.2) is 0 Å². The number of carbonyl (C=O) groups excluding carboxylic acids is 7. The molecule has 3 heterocycles. The van der Waals surface area contributed by atoms with Crippen molar-refractivity contribution in [1.29, 1.82) is 0 Å². The molecule has 5 aromatic rings. The van der Waals surface area contributed by atoms with Crippen molar-refractivity contribution in [3.8, 4) is 0 Å². The topological polar surface area (TPSA) is 277 Å². The number of hydrogen-bond acceptors (Lipinski definition) is 11. The molecule has 0 radical (unpaired) electrons. The van der Waals surface area contributed by atoms with Crippen LogP contribution in [0.15, 0.2) is 115 Å². The van der Waals surface area contributed by atoms with Gasteiger partial charge in [0.05, 0.1) is 22.8 Å². The molecule has 2 saturated heterocycles. The Bertz CT molecular complexity index is 2850. The number of likely N-dealkylation sites (tertiary alicyclic amines) is 2. The molecule has 2 aliphatic heterocycles. The molecular weight excluding hydrogens is 963 g/mol. The Morgan fingerprint density at radius 2 is 1.12 bits per heavy atom. The highest BCUT2D eigenvalue weighted by atomic mass is 16.2. The van der Waals surface area contributed by atoms with Crippen molar-refractivity contribution >= 4 is 63.0 Å². The smallest absolute Gasteiger partial charge is 0.253 e. The Labute approximate surface area is 444 Å². The minimum Gasteiger partial charge on any atom is -0.354 e. The first kappa shape index (κ1) is 56.2. The lowest BCUT2D eigenvalue weighted by Crippen LogP contribution is -2.56. The molecule has 6 atom stereocenters. The van der Waals surface area contributed by atoms with E-state index in [1.165, 1.54) is 9.80 Å². The van der Waals surface area contributed by atoms with E-state index < -0.39 is 65.8 Å². The highest BCUT2D eigenvalue weighted by Gasteiger charge is 2.40. The average molecular weight is 1040 g/mol. The Balaban J connectivity index is 1.07. The number of hydrogen-bond donors (Lipinski definition) is 8. The summed E-state index contributed by atoms with van der Waals surface area (Å²) in [5, 5.41) is 17.3. The number of aryl methyl sites for hydroxylation is 1. The molecule has 1 aromatic heterocycles. The molecule has 4 aromatic carbocycles. The number of pyridine rings is 1. The van der Waals surface area contributed by atoms with Gasteiger partial charge >= 0.3 is 0 Å². The first-order valence-corrected chi connectivity index (χ1v) is 26.7. The van der Waals surface area contributed by atoms with Gasteiger partial charge in [0.2, 0.25) is 35.4 Å². The quantitative estimate of drug-likeness (QED) is 0.0239. The second-order valence-corrected chi connectivity index (χ2v) is 19.6. The van der Waals surface area contributed by atoms with Crippen LogP contribution in [0.4, 0.5) is 0 Å². The van der Waals surface area contributed by atoms with Crippen molar-refractivity contribution in [2.24, 2.45) is 17.2 Å². The molecular formula is C58H73N11O7. The lowest BCUT2D eigenvalue weighted by Gasteiger charge is -2.30. The van der Waals surface area contributed by atoms with Crippen molar-refractivity contribution in [3.05, 3.63) is 138 Å². The van der Waals surface area contributed by atoms with Crippen molar-refractivity contribution in [1.82, 2.24) is 41.4 Å². The summed E-state index contributed by atoms with van der Waals surface area (Å²) in [7, 11) is 0. The number of carbonyl (C=O) groups is 7. The summed E-state index contributed by atoms with van der Waals surface area (Å²) in [6.45, 7) is 3.93. The third-order valence-corrected chi connectivity index (χ3v) is 14.1. The van der Waals surface area contributed by atoms with Crippen LogP contribution in [0.2, 0.25) is 0 Å². The van der Waals surface area contributed by atoms with Crippen LogP contribution in [-0.4, -0.2) is 132 Å². The number of nitrogens with zero attached hydrogens (tertiary/aromatic N) is 3. The van der Waals surface area contributed by atoms with Gasteiger partial charge < -0.3 is 53.6 Å². The summed E-state index contributed by atoms with van der Waals surface area (Å²) in [6.07, 6.45) is 7.24. The van der Waals surface area contributed by atoms with Crippen molar-refractivity contribution in [3.63, 3.8) is 0 Å². The second-order valence-electron chi connectivity index (χ2n) is 19.6. The van der Waals surface area contributed by atoms with Crippen LogP contribution in [0, 0.1) is 0 Å². The number of nitrogens with one attached hydrogen (secondary N) is 5. The zero-order valence-electron chi connectivity index (χ0n) is 43.4. The fourth-order valence-electron chi connectivity index (χ4n) is 9.95. The van der Waals surface area contributed by atoms with Crippen LogP contribution in [0.1, 0.15) is 85.5 Å². The number of aromatic nitrogens is 1. The van der Waals surface area contributed by atoms with Gasteiger partial charge in [0.1, 0.15) is 30.2 Å². The Morgan fingerprint density at radius 3 is 1.64 bits per heavy atom. The van der Waals surface area contributed by atoms with Crippen LogP contribution in [0.5, 0.6) is 0 Å². The Hall–Kier alpha value is -7.54. The lowest BCUT2D eigenvalue weighted by molar-refractivity contribution is -0.140. The minimum absolute atomic E-state index is 0.0193. The number of benzene rings is 4. The number of amides is 7. The summed E-state index contributed by atoms with van der Waals surface area (Å²) in [6, 6.07) is 26.5. The summed E-state index contributed by atoms with van der Waals surface area (Å²) in [5.41, 5.74) is 21.1. The summed E-state index contributed by atoms with van der Waals surface area (Å²) < 4.78 is 0. The molecule has 11 N–H and O–H groups in total. The standard InChI is InChI=1S/C58H73N11O7/c1-2-45-43(36-42-35-40-21-9-10-22-41(40)37-47(42)64-45)52(70)65-46(58(76)69-32-14-26-51(69)56(74)67-49(54(72)63-30-16-28-60)34-39-19-7-4-8-20-39)24-12-11-23-44(61)57(75)68-31-13-25-50(68)55(73)66-48(53(71)62-29-15-27-59)33-38-17-5-3-6-18-38/h3-12,17-22,35-37,44,46,48-51H,2,13-16,23-34,59-61H2,1H3,(H,62,71)(H,63,72)(H,65,70)(H,66,73)(H,67,74)/b12-11-/t44-,46-,48-,49-,50-,51-/m0/s1. The molecule has 402 valence electrons. The summed E-state index contributed by atoms with van der Waals surface area (Å²) in [5.74, 6) is -3.11. The van der Waals surface area contributed by atoms with E-state index in [4.69, 9.17) is 22.2 Å². The molecule has 2 aliphatic rings. The van der Waals surface area contributed by atoms with Crippen LogP contribution in [-0.2, 0) is 48.0 Å². The molecule has 2 fully saturated rings. The first-order valence-electron chi connectivity index (χ1n) is 26.7. The Morgan fingerprint density at radius 1 is 0.618 bits per heavy atom. The van der Waals surface area contributed by atoms with Gasteiger partial charge in [0, 0.05) is 44.4 Å². The van der Waals surface area contributed by atoms with Crippen molar-refractivity contribution < 1.29 is 33.6 Å². The highest BCUT2D eigenvalue weighted by molar-refractivity contribution is 6.04. The molecule has 0 spiro atoms. The van der Waals surface area contributed by atoms with E-state index in [9.17, 15) is 33.6 Å². The zero-order valence-corrected chi connectivity index (χ0v) is 43.4. The number of rotatable bonds is 25. The number of nitrogens with two attached hydrogens (primary N) is 3. The van der Waals surface area contributed by atoms with Crippen LogP contribution in [0.25, 0.3) is 21.7 Å². The van der Waals surface area contributed by atoms with Gasteiger partial charge in [-0.2, -0.15) is 0 Å². The summed E-state index contributed by atoms with van der Waals surface area (Å²) in [4.78, 5) is 106. The third kappa shape index (κ3) is 14.9. The van der Waals surface area contributed by atoms with Gasteiger partial charge in [-0.3, -0.25) is 38.5 Å². The molecule has 0 aliphatic carbocycles. The van der Waals surface area contributed by atoms with Gasteiger partial charge in [0.15, 0.2) is 0 Å². The summed E-state index contributed by atoms with van der Waals surface area (Å²) >= 11 is 0. The van der Waals surface area contributed by atoms with E-state index in [2.05, 4.69) is 26.6 Å². The van der Waals surface area contributed by atoms with Crippen molar-refractivity contribution in [2.45, 2.75) is 114 Å². The monoisotopic (exact) mass is 1040 g/mol. The maximum absolute atomic E-state index is 14.9. The van der Waals surface area contributed by atoms with Gasteiger partial charge in [-0.1, -0.05) is 104 Å². The molecule has 7 rings (SSSR count). The maximum Gasteiger partial charge on any atom is 0.253 e. The van der Waals surface area contributed by atoms with E-state index >= 15 is 0 Å². The maximum atomic E-state index is 14.9. The molecule has 76 heavy (non-hydrogen) atoms. The van der Waals surface area contributed by atoms with Crippen molar-refractivity contribution in [2.75, 3.05) is 39.3 Å². The fraction of sp³-hybridized carbons (Fsp3) is 0.414. The minimum atomic E-state index is -1.16. The van der Waals surface area contributed by atoms with E-state index in [0.29, 0.717) is 88.9 Å². The molecule has 0 bridgehead atoms. The number of fused-ring (bicyclic) bond motifs is 2. The predicted molar refractivity (Wildman–Crippen MR) is 293 cm³/mol. The lowest BCUT2D eigenvalue weighted by atomic mass is 10.0. The average Bonchev–Trinajstić information content (AvgIpc) is 4.15. The SMILES string of the molecule is CCc1nc2cc3ccccc3cc2cc1C(=O)N[C@@H](C/C=C\C[C@H](N)C(=O)N1CCC[C@H]1C(=O)N[C@@H](Cc1ccccc1)C(=O)NCCCN)C(=O)N1CCC[C@H]1C(=O)N[C@@H](Cc1ccccc1)C(=O)NCCCN. The second kappa shape index (κ2) is 27.8. The van der Waals surface area contributed by atoms with Crippen LogP contribution in [0.3, 0.4) is 0 Å². The van der Waals surface area contributed by atoms with Gasteiger partial charge in [0.25, 0.3) is 5.91 Å². The zero-order chi connectivity index (χ0) is 54.0.